The van der Waals surface area contributed by atoms with E-state index in [-0.39, 0.29) is 51.8 Å². The zero-order valence-electron chi connectivity index (χ0n) is 19.3. The van der Waals surface area contributed by atoms with E-state index in [4.69, 9.17) is 4.74 Å². The van der Waals surface area contributed by atoms with Crippen molar-refractivity contribution in [2.45, 2.75) is 59.4 Å². The summed E-state index contributed by atoms with van der Waals surface area (Å²) in [5, 5.41) is 33.5. The van der Waals surface area contributed by atoms with Crippen molar-refractivity contribution < 1.29 is 39.2 Å². The van der Waals surface area contributed by atoms with Crippen molar-refractivity contribution in [1.29, 1.82) is 0 Å². The van der Waals surface area contributed by atoms with E-state index in [1.807, 2.05) is 13.8 Å². The molecule has 33 heavy (non-hydrogen) atoms. The molecule has 2 aliphatic rings. The molecule has 0 spiro atoms. The number of fused-ring (bicyclic) bond motifs is 3. The SMILES string of the molecule is CC(=O)c1c(O)c(C)c(O)c2c1OC1=CC(=O)/C(=C(/C)N[C@@H](CC(C)C)C(=O)O)C(=O)[C@@]12C. The summed E-state index contributed by atoms with van der Waals surface area (Å²) in [6.07, 6.45) is 1.36. The van der Waals surface area contributed by atoms with Crippen LogP contribution in [0, 0.1) is 12.8 Å². The Bertz CT molecular complexity index is 1170. The van der Waals surface area contributed by atoms with Gasteiger partial charge in [0, 0.05) is 17.3 Å². The van der Waals surface area contributed by atoms with Gasteiger partial charge in [0.25, 0.3) is 0 Å². The fraction of sp³-hybridized carbons (Fsp3) is 0.417. The van der Waals surface area contributed by atoms with Crippen LogP contribution in [0.3, 0.4) is 0 Å². The zero-order valence-corrected chi connectivity index (χ0v) is 19.3. The van der Waals surface area contributed by atoms with Crippen LogP contribution < -0.4 is 10.1 Å². The third-order valence-corrected chi connectivity index (χ3v) is 6.16. The first-order valence-electron chi connectivity index (χ1n) is 10.5. The maximum Gasteiger partial charge on any atom is 0.326 e. The number of ketones is 3. The molecule has 1 aliphatic carbocycles. The second-order valence-corrected chi connectivity index (χ2v) is 9.05. The fourth-order valence-electron chi connectivity index (χ4n) is 4.39. The van der Waals surface area contributed by atoms with Gasteiger partial charge in [-0.15, -0.1) is 0 Å². The lowest BCUT2D eigenvalue weighted by atomic mass is 9.70. The van der Waals surface area contributed by atoms with E-state index >= 15 is 0 Å². The second-order valence-electron chi connectivity index (χ2n) is 9.05. The predicted octanol–water partition coefficient (Wildman–Crippen LogP) is 2.66. The van der Waals surface area contributed by atoms with Crippen molar-refractivity contribution in [1.82, 2.24) is 5.32 Å². The average Bonchev–Trinajstić information content (AvgIpc) is 2.98. The van der Waals surface area contributed by atoms with Gasteiger partial charge in [-0.25, -0.2) is 4.79 Å². The molecule has 4 N–H and O–H groups in total. The Balaban J connectivity index is 2.21. The summed E-state index contributed by atoms with van der Waals surface area (Å²) in [6, 6.07) is -1.01. The van der Waals surface area contributed by atoms with Crippen LogP contribution in [0.4, 0.5) is 0 Å². The highest BCUT2D eigenvalue weighted by Gasteiger charge is 2.56. The standard InChI is InChI=1S/C24H27NO8/c1-9(2)7-13(23(31)32)25-11(4)16-14(27)8-15-24(6,22(16)30)18-20(29)10(3)19(28)17(12(5)26)21(18)33-15/h8-9,13,25,28-29H,7H2,1-6H3,(H,31,32)/b16-11+/t13-,24-/m0/s1. The number of carboxylic acids is 1. The number of hydrogen-bond donors (Lipinski definition) is 4. The molecule has 9 heteroatoms. The number of carbonyl (C=O) groups is 4. The Kier molecular flexibility index (Phi) is 5.87. The van der Waals surface area contributed by atoms with Gasteiger partial charge >= 0.3 is 5.97 Å². The topological polar surface area (TPSA) is 150 Å². The van der Waals surface area contributed by atoms with Crippen molar-refractivity contribution >= 4 is 23.3 Å². The second kappa shape index (κ2) is 8.06. The Labute approximate surface area is 190 Å². The lowest BCUT2D eigenvalue weighted by Crippen LogP contribution is -2.43. The number of carboxylic acid groups (broad SMARTS) is 1. The van der Waals surface area contributed by atoms with E-state index in [1.54, 1.807) is 0 Å². The molecule has 176 valence electrons. The monoisotopic (exact) mass is 457 g/mol. The number of benzene rings is 1. The van der Waals surface area contributed by atoms with Gasteiger partial charge in [-0.3, -0.25) is 14.4 Å². The lowest BCUT2D eigenvalue weighted by molar-refractivity contribution is -0.139. The maximum absolute atomic E-state index is 13.7. The van der Waals surface area contributed by atoms with Crippen LogP contribution in [-0.2, 0) is 19.8 Å². The van der Waals surface area contributed by atoms with Gasteiger partial charge in [0.1, 0.15) is 40.0 Å². The molecule has 1 aliphatic heterocycles. The van der Waals surface area contributed by atoms with Crippen LogP contribution in [0.1, 0.15) is 62.5 Å². The molecule has 0 saturated heterocycles. The van der Waals surface area contributed by atoms with Crippen LogP contribution in [-0.4, -0.2) is 44.7 Å². The number of nitrogens with one attached hydrogen (secondary N) is 1. The molecular formula is C24H27NO8. The fourth-order valence-corrected chi connectivity index (χ4v) is 4.39. The molecule has 0 radical (unpaired) electrons. The number of phenolic OH excluding ortho intramolecular Hbond substituents is 2. The molecule has 2 atom stereocenters. The zero-order chi connectivity index (χ0) is 25.0. The van der Waals surface area contributed by atoms with E-state index in [2.05, 4.69) is 5.32 Å². The van der Waals surface area contributed by atoms with Gasteiger partial charge in [-0.05, 0) is 40.0 Å². The number of rotatable bonds is 6. The van der Waals surface area contributed by atoms with Crippen LogP contribution in [0.15, 0.2) is 23.1 Å². The molecule has 0 unspecified atom stereocenters. The number of ether oxygens (including phenoxy) is 1. The first-order chi connectivity index (χ1) is 15.2. The van der Waals surface area contributed by atoms with Crippen molar-refractivity contribution in [2.75, 3.05) is 0 Å². The number of hydrogen-bond acceptors (Lipinski definition) is 8. The molecule has 1 aromatic carbocycles. The minimum absolute atomic E-state index is 0.00187. The third kappa shape index (κ3) is 3.57. The Morgan fingerprint density at radius 2 is 1.76 bits per heavy atom. The quantitative estimate of drug-likeness (QED) is 0.287. The minimum Gasteiger partial charge on any atom is -0.507 e. The summed E-state index contributed by atoms with van der Waals surface area (Å²) in [5.74, 6) is -4.16. The molecule has 0 bridgehead atoms. The molecule has 9 nitrogen and oxygen atoms in total. The molecule has 0 saturated carbocycles. The van der Waals surface area contributed by atoms with E-state index in [1.165, 1.54) is 27.7 Å². The third-order valence-electron chi connectivity index (χ3n) is 6.16. The van der Waals surface area contributed by atoms with Gasteiger partial charge in [-0.1, -0.05) is 13.8 Å². The number of carbonyl (C=O) groups excluding carboxylic acids is 3. The summed E-state index contributed by atoms with van der Waals surface area (Å²) in [4.78, 5) is 50.5. The Hall–Kier alpha value is -3.62. The summed E-state index contributed by atoms with van der Waals surface area (Å²) < 4.78 is 5.71. The predicted molar refractivity (Wildman–Crippen MR) is 117 cm³/mol. The summed E-state index contributed by atoms with van der Waals surface area (Å²) >= 11 is 0. The van der Waals surface area contributed by atoms with Crippen molar-refractivity contribution in [3.8, 4) is 17.2 Å². The highest BCUT2D eigenvalue weighted by molar-refractivity contribution is 6.31. The normalized spacial score (nSPS) is 21.7. The van der Waals surface area contributed by atoms with Gasteiger partial charge in [0.15, 0.2) is 17.3 Å². The number of allylic oxidation sites excluding steroid dienone is 4. The smallest absolute Gasteiger partial charge is 0.326 e. The molecule has 1 heterocycles. The van der Waals surface area contributed by atoms with Gasteiger partial charge in [0.05, 0.1) is 11.1 Å². The number of phenols is 2. The van der Waals surface area contributed by atoms with Gasteiger partial charge < -0.3 is 25.4 Å². The van der Waals surface area contributed by atoms with E-state index in [9.17, 15) is 34.5 Å². The van der Waals surface area contributed by atoms with Gasteiger partial charge in [0.2, 0.25) is 0 Å². The molecule has 0 aromatic heterocycles. The van der Waals surface area contributed by atoms with E-state index in [0.29, 0.717) is 0 Å². The summed E-state index contributed by atoms with van der Waals surface area (Å²) in [5.41, 5.74) is -2.04. The van der Waals surface area contributed by atoms with E-state index < -0.39 is 46.3 Å². The summed E-state index contributed by atoms with van der Waals surface area (Å²) in [6.45, 7) is 9.22. The molecule has 0 fully saturated rings. The Morgan fingerprint density at radius 1 is 1.15 bits per heavy atom. The first kappa shape index (κ1) is 24.0. The lowest BCUT2D eigenvalue weighted by Gasteiger charge is -2.29. The van der Waals surface area contributed by atoms with Crippen LogP contribution in [0.25, 0.3) is 0 Å². The van der Waals surface area contributed by atoms with Crippen molar-refractivity contribution in [3.05, 3.63) is 39.8 Å². The van der Waals surface area contributed by atoms with Crippen LogP contribution >= 0.6 is 0 Å². The number of aliphatic carboxylic acids is 1. The maximum atomic E-state index is 13.7. The van der Waals surface area contributed by atoms with E-state index in [0.717, 1.165) is 6.08 Å². The molecule has 3 rings (SSSR count). The summed E-state index contributed by atoms with van der Waals surface area (Å²) in [7, 11) is 0. The van der Waals surface area contributed by atoms with Crippen LogP contribution in [0.5, 0.6) is 17.2 Å². The van der Waals surface area contributed by atoms with Gasteiger partial charge in [-0.2, -0.15) is 0 Å². The number of Topliss-reactive ketones (excluding diaryl/α,β-unsaturated/α-hetero) is 2. The molecule has 0 amide bonds. The molecular weight excluding hydrogens is 430 g/mol. The first-order valence-corrected chi connectivity index (χ1v) is 10.5. The highest BCUT2D eigenvalue weighted by atomic mass is 16.5. The molecule has 1 aromatic rings. The van der Waals surface area contributed by atoms with Crippen molar-refractivity contribution in [3.63, 3.8) is 0 Å². The number of aromatic hydroxyl groups is 2. The highest BCUT2D eigenvalue weighted by Crippen LogP contribution is 2.57. The van der Waals surface area contributed by atoms with Crippen LogP contribution in [0.2, 0.25) is 0 Å². The minimum atomic E-state index is -1.65. The van der Waals surface area contributed by atoms with Crippen molar-refractivity contribution in [2.24, 2.45) is 5.92 Å². The average molecular weight is 457 g/mol. The Morgan fingerprint density at radius 3 is 2.27 bits per heavy atom. The largest absolute Gasteiger partial charge is 0.507 e.